The van der Waals surface area contributed by atoms with Crippen LogP contribution in [-0.4, -0.2) is 60.4 Å². The zero-order valence-corrected chi connectivity index (χ0v) is 16.1. The number of piperazine rings is 1. The molecule has 1 aliphatic carbocycles. The SMILES string of the molecule is O=C(CN1CCN(C(=O)/C=C/c2ccc(-c3ccccc3F)o2)CC1)NC1CC1. The summed E-state index contributed by atoms with van der Waals surface area (Å²) in [5.74, 6) is 0.531. The van der Waals surface area contributed by atoms with Gasteiger partial charge in [0.2, 0.25) is 11.8 Å². The maximum Gasteiger partial charge on any atom is 0.246 e. The van der Waals surface area contributed by atoms with Crippen LogP contribution in [0.2, 0.25) is 0 Å². The van der Waals surface area contributed by atoms with Crippen molar-refractivity contribution in [3.63, 3.8) is 0 Å². The molecule has 1 aromatic heterocycles. The number of hydrogen-bond acceptors (Lipinski definition) is 4. The Morgan fingerprint density at radius 2 is 1.86 bits per heavy atom. The van der Waals surface area contributed by atoms with E-state index >= 15 is 0 Å². The highest BCUT2D eigenvalue weighted by Crippen LogP contribution is 2.25. The van der Waals surface area contributed by atoms with Gasteiger partial charge in [-0.15, -0.1) is 0 Å². The molecule has 4 rings (SSSR count). The maximum atomic E-state index is 13.8. The number of nitrogens with one attached hydrogen (secondary N) is 1. The number of furan rings is 1. The molecule has 1 aromatic carbocycles. The Kier molecular flexibility index (Phi) is 5.76. The van der Waals surface area contributed by atoms with Crippen molar-refractivity contribution in [2.45, 2.75) is 18.9 Å². The van der Waals surface area contributed by atoms with Crippen molar-refractivity contribution in [3.05, 3.63) is 54.1 Å². The summed E-state index contributed by atoms with van der Waals surface area (Å²) in [4.78, 5) is 28.1. The number of halogens is 1. The summed E-state index contributed by atoms with van der Waals surface area (Å²) in [6.45, 7) is 2.91. The van der Waals surface area contributed by atoms with E-state index in [1.165, 1.54) is 12.1 Å². The average Bonchev–Trinajstić information content (AvgIpc) is 3.40. The fraction of sp³-hybridized carbons (Fsp3) is 0.364. The van der Waals surface area contributed by atoms with Gasteiger partial charge in [-0.3, -0.25) is 14.5 Å². The van der Waals surface area contributed by atoms with Gasteiger partial charge in [0.05, 0.1) is 12.1 Å². The van der Waals surface area contributed by atoms with Crippen molar-refractivity contribution >= 4 is 17.9 Å². The molecular weight excluding hydrogens is 373 g/mol. The first-order valence-corrected chi connectivity index (χ1v) is 9.92. The molecule has 1 saturated carbocycles. The monoisotopic (exact) mass is 397 g/mol. The lowest BCUT2D eigenvalue weighted by molar-refractivity contribution is -0.128. The van der Waals surface area contributed by atoms with Crippen molar-refractivity contribution in [1.29, 1.82) is 0 Å². The minimum Gasteiger partial charge on any atom is -0.457 e. The largest absolute Gasteiger partial charge is 0.457 e. The van der Waals surface area contributed by atoms with Crippen molar-refractivity contribution in [2.75, 3.05) is 32.7 Å². The first-order valence-electron chi connectivity index (χ1n) is 9.92. The first-order chi connectivity index (χ1) is 14.1. The highest BCUT2D eigenvalue weighted by atomic mass is 19.1. The first kappa shape index (κ1) is 19.4. The number of nitrogens with zero attached hydrogens (tertiary/aromatic N) is 2. The van der Waals surface area contributed by atoms with E-state index in [1.807, 2.05) is 0 Å². The number of rotatable bonds is 6. The van der Waals surface area contributed by atoms with E-state index in [4.69, 9.17) is 4.42 Å². The van der Waals surface area contributed by atoms with Crippen LogP contribution in [0.15, 0.2) is 46.9 Å². The van der Waals surface area contributed by atoms with Crippen LogP contribution in [0, 0.1) is 5.82 Å². The van der Waals surface area contributed by atoms with Gasteiger partial charge in [0.15, 0.2) is 0 Å². The summed E-state index contributed by atoms with van der Waals surface area (Å²) < 4.78 is 19.5. The summed E-state index contributed by atoms with van der Waals surface area (Å²) >= 11 is 0. The molecule has 2 aliphatic rings. The Morgan fingerprint density at radius 3 is 2.59 bits per heavy atom. The van der Waals surface area contributed by atoms with Crippen molar-refractivity contribution < 1.29 is 18.4 Å². The van der Waals surface area contributed by atoms with E-state index < -0.39 is 0 Å². The molecule has 2 fully saturated rings. The standard InChI is InChI=1S/C22H24FN3O3/c23-19-4-2-1-3-18(19)20-9-7-17(29-20)8-10-22(28)26-13-11-25(12-14-26)15-21(27)24-16-5-6-16/h1-4,7-10,16H,5-6,11-15H2,(H,24,27)/b10-8+. The molecule has 0 radical (unpaired) electrons. The van der Waals surface area contributed by atoms with Gasteiger partial charge in [-0.1, -0.05) is 12.1 Å². The lowest BCUT2D eigenvalue weighted by Gasteiger charge is -2.33. The Morgan fingerprint density at radius 1 is 1.10 bits per heavy atom. The third-order valence-corrected chi connectivity index (χ3v) is 5.15. The number of benzene rings is 1. The molecule has 2 heterocycles. The highest BCUT2D eigenvalue weighted by molar-refractivity contribution is 5.91. The zero-order chi connectivity index (χ0) is 20.2. The van der Waals surface area contributed by atoms with E-state index in [2.05, 4.69) is 10.2 Å². The molecule has 152 valence electrons. The molecule has 1 saturated heterocycles. The quantitative estimate of drug-likeness (QED) is 0.761. The van der Waals surface area contributed by atoms with Crippen molar-refractivity contribution in [1.82, 2.24) is 15.1 Å². The van der Waals surface area contributed by atoms with Crippen LogP contribution in [0.5, 0.6) is 0 Å². The van der Waals surface area contributed by atoms with E-state index in [1.54, 1.807) is 41.3 Å². The van der Waals surface area contributed by atoms with Gasteiger partial charge in [-0.05, 0) is 43.2 Å². The minimum atomic E-state index is -0.350. The predicted octanol–water partition coefficient (Wildman–Crippen LogP) is 2.52. The second-order valence-electron chi connectivity index (χ2n) is 7.46. The van der Waals surface area contributed by atoms with Gasteiger partial charge in [0.1, 0.15) is 17.3 Å². The van der Waals surface area contributed by atoms with Gasteiger partial charge < -0.3 is 14.6 Å². The van der Waals surface area contributed by atoms with Crippen LogP contribution in [-0.2, 0) is 9.59 Å². The Bertz CT molecular complexity index is 912. The van der Waals surface area contributed by atoms with Gasteiger partial charge in [0, 0.05) is 38.3 Å². The van der Waals surface area contributed by atoms with E-state index in [0.717, 1.165) is 12.8 Å². The molecule has 1 N–H and O–H groups in total. The summed E-state index contributed by atoms with van der Waals surface area (Å²) in [5.41, 5.74) is 0.389. The van der Waals surface area contributed by atoms with Crippen LogP contribution in [0.25, 0.3) is 17.4 Å². The molecule has 29 heavy (non-hydrogen) atoms. The van der Waals surface area contributed by atoms with Crippen molar-refractivity contribution in [2.24, 2.45) is 0 Å². The number of carbonyl (C=O) groups is 2. The van der Waals surface area contributed by atoms with Crippen LogP contribution in [0.4, 0.5) is 4.39 Å². The topological polar surface area (TPSA) is 65.8 Å². The smallest absolute Gasteiger partial charge is 0.246 e. The summed E-state index contributed by atoms with van der Waals surface area (Å²) in [7, 11) is 0. The second-order valence-corrected chi connectivity index (χ2v) is 7.46. The van der Waals surface area contributed by atoms with Crippen LogP contribution in [0.3, 0.4) is 0 Å². The minimum absolute atomic E-state index is 0.0654. The predicted molar refractivity (Wildman–Crippen MR) is 107 cm³/mol. The molecular formula is C22H24FN3O3. The fourth-order valence-electron chi connectivity index (χ4n) is 3.34. The molecule has 0 atom stereocenters. The van der Waals surface area contributed by atoms with Crippen LogP contribution < -0.4 is 5.32 Å². The maximum absolute atomic E-state index is 13.8. The molecule has 2 aromatic rings. The Labute approximate surface area is 169 Å². The normalized spacial score (nSPS) is 17.6. The molecule has 1 aliphatic heterocycles. The average molecular weight is 397 g/mol. The van der Waals surface area contributed by atoms with Crippen LogP contribution in [0.1, 0.15) is 18.6 Å². The number of carbonyl (C=O) groups excluding carboxylic acids is 2. The third-order valence-electron chi connectivity index (χ3n) is 5.15. The Hall–Kier alpha value is -2.93. The molecule has 7 heteroatoms. The fourth-order valence-corrected chi connectivity index (χ4v) is 3.34. The second kappa shape index (κ2) is 8.61. The van der Waals surface area contributed by atoms with Gasteiger partial charge in [-0.2, -0.15) is 0 Å². The summed E-state index contributed by atoms with van der Waals surface area (Å²) in [6, 6.07) is 10.2. The summed E-state index contributed by atoms with van der Waals surface area (Å²) in [6.07, 6.45) is 5.23. The van der Waals surface area contributed by atoms with Gasteiger partial charge in [-0.25, -0.2) is 4.39 Å². The zero-order valence-electron chi connectivity index (χ0n) is 16.1. The third kappa shape index (κ3) is 5.12. The van der Waals surface area contributed by atoms with Gasteiger partial charge in [0.25, 0.3) is 0 Å². The molecule has 0 bridgehead atoms. The summed E-state index contributed by atoms with van der Waals surface area (Å²) in [5, 5.41) is 2.98. The molecule has 0 spiro atoms. The van der Waals surface area contributed by atoms with E-state index in [0.29, 0.717) is 55.8 Å². The lowest BCUT2D eigenvalue weighted by atomic mass is 10.1. The molecule has 6 nitrogen and oxygen atoms in total. The van der Waals surface area contributed by atoms with Gasteiger partial charge >= 0.3 is 0 Å². The number of hydrogen-bond donors (Lipinski definition) is 1. The Balaban J connectivity index is 1.27. The number of amides is 2. The van der Waals surface area contributed by atoms with E-state index in [9.17, 15) is 14.0 Å². The van der Waals surface area contributed by atoms with Crippen molar-refractivity contribution in [3.8, 4) is 11.3 Å². The molecule has 0 unspecified atom stereocenters. The lowest BCUT2D eigenvalue weighted by Crippen LogP contribution is -2.50. The van der Waals surface area contributed by atoms with Crippen LogP contribution >= 0.6 is 0 Å². The van der Waals surface area contributed by atoms with E-state index in [-0.39, 0.29) is 17.6 Å². The highest BCUT2D eigenvalue weighted by Gasteiger charge is 2.25. The molecule has 2 amide bonds.